The molecule has 4 rings (SSSR count). The van der Waals surface area contributed by atoms with E-state index in [9.17, 15) is 9.59 Å². The number of carbonyl (C=O) groups is 1. The fourth-order valence-electron chi connectivity index (χ4n) is 3.44. The molecule has 1 atom stereocenters. The van der Waals surface area contributed by atoms with Gasteiger partial charge in [-0.25, -0.2) is 4.68 Å². The highest BCUT2D eigenvalue weighted by Crippen LogP contribution is 2.32. The van der Waals surface area contributed by atoms with Crippen LogP contribution in [-0.2, 0) is 18.4 Å². The molecule has 8 nitrogen and oxygen atoms in total. The zero-order valence-electron chi connectivity index (χ0n) is 15.2. The van der Waals surface area contributed by atoms with E-state index >= 15 is 0 Å². The minimum atomic E-state index is -0.151. The van der Waals surface area contributed by atoms with Crippen LogP contribution in [0, 0.1) is 5.92 Å². The van der Waals surface area contributed by atoms with Crippen molar-refractivity contribution in [1.29, 1.82) is 0 Å². The van der Waals surface area contributed by atoms with Gasteiger partial charge in [-0.3, -0.25) is 9.59 Å². The largest absolute Gasteiger partial charge is 0.454 e. The number of fused-ring (bicyclic) bond motifs is 1. The maximum Gasteiger partial charge on any atom is 0.268 e. The number of benzene rings is 1. The van der Waals surface area contributed by atoms with Gasteiger partial charge in [0, 0.05) is 32.7 Å². The molecule has 142 valence electrons. The summed E-state index contributed by atoms with van der Waals surface area (Å²) in [6.45, 7) is 2.09. The molecule has 8 heteroatoms. The van der Waals surface area contributed by atoms with Gasteiger partial charge in [-0.05, 0) is 30.5 Å². The second kappa shape index (κ2) is 7.30. The first-order chi connectivity index (χ1) is 13.1. The van der Waals surface area contributed by atoms with Gasteiger partial charge in [0.15, 0.2) is 11.5 Å². The first kappa shape index (κ1) is 17.4. The fourth-order valence-corrected chi connectivity index (χ4v) is 3.44. The summed E-state index contributed by atoms with van der Waals surface area (Å²) in [5, 5.41) is 7.08. The smallest absolute Gasteiger partial charge is 0.268 e. The summed E-state index contributed by atoms with van der Waals surface area (Å²) in [6, 6.07) is 7.24. The summed E-state index contributed by atoms with van der Waals surface area (Å²) in [7, 11) is 1.62. The van der Waals surface area contributed by atoms with Gasteiger partial charge in [0.05, 0.1) is 17.8 Å². The predicted octanol–water partition coefficient (Wildman–Crippen LogP) is 1.04. The topological polar surface area (TPSA) is 85.7 Å². The lowest BCUT2D eigenvalue weighted by molar-refractivity contribution is -0.125. The summed E-state index contributed by atoms with van der Waals surface area (Å²) >= 11 is 0. The van der Waals surface area contributed by atoms with Crippen LogP contribution in [-0.4, -0.2) is 35.6 Å². The predicted molar refractivity (Wildman–Crippen MR) is 98.8 cm³/mol. The van der Waals surface area contributed by atoms with E-state index in [4.69, 9.17) is 9.47 Å². The van der Waals surface area contributed by atoms with Crippen LogP contribution < -0.4 is 25.2 Å². The number of ether oxygens (including phenoxy) is 2. The second-order valence-electron chi connectivity index (χ2n) is 6.87. The van der Waals surface area contributed by atoms with E-state index in [1.165, 1.54) is 4.68 Å². The van der Waals surface area contributed by atoms with Gasteiger partial charge in [-0.1, -0.05) is 6.07 Å². The number of amides is 1. The Bertz CT molecular complexity index is 911. The molecule has 1 aromatic heterocycles. The van der Waals surface area contributed by atoms with Crippen LogP contribution in [0.3, 0.4) is 0 Å². The highest BCUT2D eigenvalue weighted by Gasteiger charge is 2.26. The lowest BCUT2D eigenvalue weighted by Gasteiger charge is -2.33. The number of rotatable bonds is 4. The van der Waals surface area contributed by atoms with Gasteiger partial charge in [0.25, 0.3) is 5.56 Å². The number of aromatic nitrogens is 2. The van der Waals surface area contributed by atoms with Crippen molar-refractivity contribution in [3.05, 3.63) is 46.4 Å². The molecule has 1 aromatic carbocycles. The Morgan fingerprint density at radius 2 is 2.15 bits per heavy atom. The molecule has 0 saturated carbocycles. The molecule has 0 spiro atoms. The summed E-state index contributed by atoms with van der Waals surface area (Å²) in [5.41, 5.74) is 1.59. The Kier molecular flexibility index (Phi) is 4.70. The maximum absolute atomic E-state index is 12.6. The van der Waals surface area contributed by atoms with Crippen molar-refractivity contribution in [2.75, 3.05) is 24.8 Å². The molecule has 3 heterocycles. The van der Waals surface area contributed by atoms with Crippen LogP contribution >= 0.6 is 0 Å². The van der Waals surface area contributed by atoms with Gasteiger partial charge in [-0.15, -0.1) is 0 Å². The van der Waals surface area contributed by atoms with Crippen molar-refractivity contribution in [3.63, 3.8) is 0 Å². The van der Waals surface area contributed by atoms with Gasteiger partial charge >= 0.3 is 0 Å². The summed E-state index contributed by atoms with van der Waals surface area (Å²) in [5.74, 6) is 1.35. The van der Waals surface area contributed by atoms with Crippen LogP contribution in [0.1, 0.15) is 18.4 Å². The maximum atomic E-state index is 12.6. The minimum Gasteiger partial charge on any atom is -0.454 e. The molecule has 0 aliphatic carbocycles. The average molecular weight is 370 g/mol. The van der Waals surface area contributed by atoms with Crippen LogP contribution in [0.2, 0.25) is 0 Å². The molecular weight excluding hydrogens is 348 g/mol. The lowest BCUT2D eigenvalue weighted by atomic mass is 9.96. The van der Waals surface area contributed by atoms with Gasteiger partial charge in [-0.2, -0.15) is 5.10 Å². The highest BCUT2D eigenvalue weighted by atomic mass is 16.7. The minimum absolute atomic E-state index is 0.0224. The average Bonchev–Trinajstić information content (AvgIpc) is 3.16. The van der Waals surface area contributed by atoms with E-state index in [1.807, 2.05) is 18.2 Å². The Morgan fingerprint density at radius 3 is 3.00 bits per heavy atom. The summed E-state index contributed by atoms with van der Waals surface area (Å²) in [4.78, 5) is 26.5. The lowest BCUT2D eigenvalue weighted by Crippen LogP contribution is -2.43. The van der Waals surface area contributed by atoms with Crippen molar-refractivity contribution in [3.8, 4) is 11.5 Å². The zero-order valence-corrected chi connectivity index (χ0v) is 15.2. The van der Waals surface area contributed by atoms with Gasteiger partial charge in [0.2, 0.25) is 12.7 Å². The van der Waals surface area contributed by atoms with E-state index < -0.39 is 0 Å². The van der Waals surface area contributed by atoms with Gasteiger partial charge < -0.3 is 19.7 Å². The molecule has 0 bridgehead atoms. The molecule has 1 fully saturated rings. The molecular formula is C19H22N4O4. The Hall–Kier alpha value is -3.03. The highest BCUT2D eigenvalue weighted by molar-refractivity contribution is 5.79. The number of carbonyl (C=O) groups excluding carboxylic acids is 1. The summed E-state index contributed by atoms with van der Waals surface area (Å²) < 4.78 is 12.0. The van der Waals surface area contributed by atoms with Crippen molar-refractivity contribution >= 4 is 11.6 Å². The quantitative estimate of drug-likeness (QED) is 0.866. The zero-order chi connectivity index (χ0) is 18.8. The molecule has 1 amide bonds. The van der Waals surface area contributed by atoms with Crippen molar-refractivity contribution < 1.29 is 14.3 Å². The van der Waals surface area contributed by atoms with Gasteiger partial charge in [0.1, 0.15) is 0 Å². The normalized spacial score (nSPS) is 18.4. The Labute approximate surface area is 156 Å². The molecule has 0 unspecified atom stereocenters. The Balaban J connectivity index is 1.37. The molecule has 27 heavy (non-hydrogen) atoms. The van der Waals surface area contributed by atoms with E-state index in [2.05, 4.69) is 15.3 Å². The first-order valence-corrected chi connectivity index (χ1v) is 9.05. The van der Waals surface area contributed by atoms with Crippen molar-refractivity contribution in [2.24, 2.45) is 13.0 Å². The first-order valence-electron chi connectivity index (χ1n) is 9.05. The second-order valence-corrected chi connectivity index (χ2v) is 6.87. The third-order valence-electron chi connectivity index (χ3n) is 5.01. The third kappa shape index (κ3) is 3.74. The number of aryl methyl sites for hydroxylation is 1. The molecule has 0 radical (unpaired) electrons. The third-order valence-corrected chi connectivity index (χ3v) is 5.01. The van der Waals surface area contributed by atoms with Crippen LogP contribution in [0.25, 0.3) is 0 Å². The SMILES string of the molecule is Cn1ncc(N2CCC[C@H](C(=O)NCc3ccc4c(c3)OCO4)C2)cc1=O. The van der Waals surface area contributed by atoms with E-state index in [0.717, 1.165) is 36.4 Å². The number of nitrogens with one attached hydrogen (secondary N) is 1. The number of piperidine rings is 1. The molecule has 2 aromatic rings. The number of hydrogen-bond donors (Lipinski definition) is 1. The van der Waals surface area contributed by atoms with E-state index in [0.29, 0.717) is 18.8 Å². The van der Waals surface area contributed by atoms with Crippen molar-refractivity contribution in [1.82, 2.24) is 15.1 Å². The molecule has 1 N–H and O–H groups in total. The monoisotopic (exact) mass is 370 g/mol. The van der Waals surface area contributed by atoms with Crippen molar-refractivity contribution in [2.45, 2.75) is 19.4 Å². The van der Waals surface area contributed by atoms with Crippen LogP contribution in [0.5, 0.6) is 11.5 Å². The number of anilines is 1. The Morgan fingerprint density at radius 1 is 1.30 bits per heavy atom. The number of hydrogen-bond acceptors (Lipinski definition) is 6. The molecule has 2 aliphatic heterocycles. The fraction of sp³-hybridized carbons (Fsp3) is 0.421. The van der Waals surface area contributed by atoms with Crippen LogP contribution in [0.15, 0.2) is 35.3 Å². The van der Waals surface area contributed by atoms with E-state index in [1.54, 1.807) is 19.3 Å². The summed E-state index contributed by atoms with van der Waals surface area (Å²) in [6.07, 6.45) is 3.41. The van der Waals surface area contributed by atoms with Crippen LogP contribution in [0.4, 0.5) is 5.69 Å². The number of nitrogens with zero attached hydrogens (tertiary/aromatic N) is 3. The molecule has 2 aliphatic rings. The van der Waals surface area contributed by atoms with E-state index in [-0.39, 0.29) is 24.2 Å². The molecule has 1 saturated heterocycles. The standard InChI is InChI=1S/C19H22N4O4/c1-22-18(24)8-15(10-21-22)23-6-2-3-14(11-23)19(25)20-9-13-4-5-16-17(7-13)27-12-26-16/h4-5,7-8,10,14H,2-3,6,9,11-12H2,1H3,(H,20,25)/t14-/m0/s1.